The number of thiazole rings is 1. The van der Waals surface area contributed by atoms with E-state index in [4.69, 9.17) is 21.1 Å². The number of ether oxygens (including phenoxy) is 2. The number of hydrogen-bond acceptors (Lipinski definition) is 8. The Morgan fingerprint density at radius 2 is 1.71 bits per heavy atom. The molecule has 0 spiro atoms. The summed E-state index contributed by atoms with van der Waals surface area (Å²) < 4.78 is 39.0. The molecule has 34 heavy (non-hydrogen) atoms. The van der Waals surface area contributed by atoms with Gasteiger partial charge in [0.1, 0.15) is 22.9 Å². The average Bonchev–Trinajstić information content (AvgIpc) is 3.43. The van der Waals surface area contributed by atoms with E-state index in [2.05, 4.69) is 15.2 Å². The van der Waals surface area contributed by atoms with Gasteiger partial charge >= 0.3 is 0 Å². The molecule has 4 aromatic rings. The molecule has 0 fully saturated rings. The number of rotatable bonds is 9. The van der Waals surface area contributed by atoms with Crippen molar-refractivity contribution in [2.75, 3.05) is 20.0 Å². The Balaban J connectivity index is 1.75. The predicted octanol–water partition coefficient (Wildman–Crippen LogP) is 4.53. The lowest BCUT2D eigenvalue weighted by Gasteiger charge is -2.16. The van der Waals surface area contributed by atoms with E-state index in [9.17, 15) is 8.42 Å². The van der Waals surface area contributed by atoms with Crippen LogP contribution < -0.4 is 9.47 Å². The molecule has 0 saturated carbocycles. The fourth-order valence-corrected chi connectivity index (χ4v) is 5.65. The maximum absolute atomic E-state index is 13.1. The van der Waals surface area contributed by atoms with E-state index in [0.29, 0.717) is 39.5 Å². The lowest BCUT2D eigenvalue weighted by atomic mass is 10.2. The zero-order chi connectivity index (χ0) is 24.3. The molecule has 2 aromatic carbocycles. The number of aryl methyl sites for hydroxylation is 2. The summed E-state index contributed by atoms with van der Waals surface area (Å²) >= 11 is 7.33. The second-order valence-electron chi connectivity index (χ2n) is 7.55. The van der Waals surface area contributed by atoms with Crippen molar-refractivity contribution in [3.8, 4) is 28.0 Å². The summed E-state index contributed by atoms with van der Waals surface area (Å²) in [6.45, 7) is 1.88. The maximum atomic E-state index is 13.1. The Morgan fingerprint density at radius 3 is 2.29 bits per heavy atom. The molecule has 178 valence electrons. The Labute approximate surface area is 207 Å². The fraction of sp³-hybridized carbons (Fsp3) is 0.261. The maximum Gasteiger partial charge on any atom is 0.197 e. The highest BCUT2D eigenvalue weighted by Gasteiger charge is 2.26. The largest absolute Gasteiger partial charge is 0.494 e. The summed E-state index contributed by atoms with van der Waals surface area (Å²) in [5.41, 5.74) is 2.24. The molecule has 0 aliphatic carbocycles. The Kier molecular flexibility index (Phi) is 7.20. The van der Waals surface area contributed by atoms with E-state index in [0.717, 1.165) is 11.3 Å². The molecular weight excluding hydrogens is 496 g/mol. The van der Waals surface area contributed by atoms with Crippen LogP contribution in [0.3, 0.4) is 0 Å². The first-order valence-corrected chi connectivity index (χ1v) is 13.4. The van der Waals surface area contributed by atoms with Crippen LogP contribution in [-0.2, 0) is 22.0 Å². The molecule has 0 unspecified atom stereocenters. The van der Waals surface area contributed by atoms with Crippen molar-refractivity contribution in [1.29, 1.82) is 0 Å². The van der Waals surface area contributed by atoms with E-state index in [1.54, 1.807) is 49.1 Å². The molecule has 0 N–H and O–H groups in total. The van der Waals surface area contributed by atoms with Gasteiger partial charge in [0.25, 0.3) is 0 Å². The first-order valence-electron chi connectivity index (χ1n) is 10.3. The molecule has 0 radical (unpaired) electrons. The van der Waals surface area contributed by atoms with Crippen molar-refractivity contribution in [3.63, 3.8) is 0 Å². The Bertz CT molecular complexity index is 1380. The van der Waals surface area contributed by atoms with E-state index >= 15 is 0 Å². The van der Waals surface area contributed by atoms with Crippen LogP contribution in [0.2, 0.25) is 5.02 Å². The molecule has 4 rings (SSSR count). The summed E-state index contributed by atoms with van der Waals surface area (Å²) in [5, 5.41) is 11.7. The zero-order valence-electron chi connectivity index (χ0n) is 18.9. The molecular formula is C23H23ClN4O4S2. The number of methoxy groups -OCH3 is 2. The second-order valence-corrected chi connectivity index (χ2v) is 11.0. The number of hydrogen-bond donors (Lipinski definition) is 0. The lowest BCUT2D eigenvalue weighted by molar-refractivity contribution is 0.391. The molecule has 0 amide bonds. The normalized spacial score (nSPS) is 11.5. The summed E-state index contributed by atoms with van der Waals surface area (Å²) in [6, 6.07) is 12.5. The smallest absolute Gasteiger partial charge is 0.197 e. The summed E-state index contributed by atoms with van der Waals surface area (Å²) in [4.78, 5) is 4.52. The summed E-state index contributed by atoms with van der Waals surface area (Å²) in [5.74, 6) is 1.31. The number of nitrogens with zero attached hydrogens (tertiary/aromatic N) is 4. The fourth-order valence-electron chi connectivity index (χ4n) is 3.49. The number of benzene rings is 2. The van der Waals surface area contributed by atoms with E-state index in [1.807, 2.05) is 24.4 Å². The SMILES string of the molecule is COc1cccc(OC)c1-n1c(CS(=O)(=O)CCc2ccc(Cl)cc2)nnc1-c1nc(C)cs1. The van der Waals surface area contributed by atoms with E-state index < -0.39 is 9.84 Å². The van der Waals surface area contributed by atoms with Crippen LogP contribution in [0.4, 0.5) is 0 Å². The highest BCUT2D eigenvalue weighted by molar-refractivity contribution is 7.90. The zero-order valence-corrected chi connectivity index (χ0v) is 21.2. The third-order valence-corrected chi connectivity index (χ3v) is 7.86. The van der Waals surface area contributed by atoms with Gasteiger partial charge in [-0.15, -0.1) is 21.5 Å². The van der Waals surface area contributed by atoms with Crippen LogP contribution in [0.5, 0.6) is 11.5 Å². The quantitative estimate of drug-likeness (QED) is 0.321. The van der Waals surface area contributed by atoms with Crippen LogP contribution in [0.15, 0.2) is 47.8 Å². The number of halogens is 1. The van der Waals surface area contributed by atoms with Crippen molar-refractivity contribution < 1.29 is 17.9 Å². The van der Waals surface area contributed by atoms with E-state index in [-0.39, 0.29) is 17.3 Å². The van der Waals surface area contributed by atoms with Gasteiger partial charge in [-0.25, -0.2) is 13.4 Å². The van der Waals surface area contributed by atoms with Crippen molar-refractivity contribution in [2.45, 2.75) is 19.1 Å². The first-order chi connectivity index (χ1) is 16.3. The van der Waals surface area contributed by atoms with Crippen LogP contribution >= 0.6 is 22.9 Å². The van der Waals surface area contributed by atoms with Gasteiger partial charge in [0.05, 0.1) is 20.0 Å². The number of para-hydroxylation sites is 1. The average molecular weight is 519 g/mol. The molecule has 0 aliphatic rings. The minimum Gasteiger partial charge on any atom is -0.494 e. The Hall–Kier alpha value is -2.95. The van der Waals surface area contributed by atoms with Crippen LogP contribution in [0.1, 0.15) is 17.1 Å². The van der Waals surface area contributed by atoms with Gasteiger partial charge in [0.15, 0.2) is 26.5 Å². The lowest BCUT2D eigenvalue weighted by Crippen LogP contribution is -2.16. The number of aromatic nitrogens is 4. The molecule has 2 aromatic heterocycles. The predicted molar refractivity (Wildman–Crippen MR) is 133 cm³/mol. The van der Waals surface area contributed by atoms with Crippen LogP contribution in [0, 0.1) is 6.92 Å². The van der Waals surface area contributed by atoms with Crippen molar-refractivity contribution >= 4 is 32.8 Å². The number of sulfone groups is 1. The first kappa shape index (κ1) is 24.2. The third-order valence-electron chi connectivity index (χ3n) is 5.13. The molecule has 0 saturated heterocycles. The second kappa shape index (κ2) is 10.1. The molecule has 0 aliphatic heterocycles. The molecule has 11 heteroatoms. The van der Waals surface area contributed by atoms with Crippen molar-refractivity contribution in [2.24, 2.45) is 0 Å². The van der Waals surface area contributed by atoms with Gasteiger partial charge in [0, 0.05) is 16.1 Å². The van der Waals surface area contributed by atoms with Gasteiger partial charge in [-0.05, 0) is 43.2 Å². The topological polar surface area (TPSA) is 96.2 Å². The van der Waals surface area contributed by atoms with Crippen LogP contribution in [-0.4, -0.2) is 48.1 Å². The molecule has 8 nitrogen and oxygen atoms in total. The molecule has 2 heterocycles. The van der Waals surface area contributed by atoms with Gasteiger partial charge in [-0.2, -0.15) is 0 Å². The minimum absolute atomic E-state index is 0.0454. The van der Waals surface area contributed by atoms with E-state index in [1.165, 1.54) is 11.3 Å². The Morgan fingerprint density at radius 1 is 1.03 bits per heavy atom. The van der Waals surface area contributed by atoms with Crippen LogP contribution in [0.25, 0.3) is 16.5 Å². The summed E-state index contributed by atoms with van der Waals surface area (Å²) in [6.07, 6.45) is 0.365. The summed E-state index contributed by atoms with van der Waals surface area (Å²) in [7, 11) is -0.451. The van der Waals surface area contributed by atoms with Gasteiger partial charge < -0.3 is 9.47 Å². The monoisotopic (exact) mass is 518 g/mol. The standard InChI is InChI=1S/C23H23ClN4O4S2/c1-15-13-33-23(25-15)22-27-26-20(28(22)21-18(31-2)5-4-6-19(21)32-3)14-34(29,30)12-11-16-7-9-17(24)10-8-16/h4-10,13H,11-12,14H2,1-3H3. The van der Waals surface area contributed by atoms with Crippen molar-refractivity contribution in [1.82, 2.24) is 19.7 Å². The molecule has 0 atom stereocenters. The van der Waals surface area contributed by atoms with Gasteiger partial charge in [-0.1, -0.05) is 29.8 Å². The third kappa shape index (κ3) is 5.24. The highest BCUT2D eigenvalue weighted by atomic mass is 35.5. The van der Waals surface area contributed by atoms with Crippen molar-refractivity contribution in [3.05, 3.63) is 69.9 Å². The van der Waals surface area contributed by atoms with Gasteiger partial charge in [0.2, 0.25) is 0 Å². The highest BCUT2D eigenvalue weighted by Crippen LogP contribution is 2.37. The minimum atomic E-state index is -3.53. The molecule has 0 bridgehead atoms. The van der Waals surface area contributed by atoms with Gasteiger partial charge in [-0.3, -0.25) is 4.57 Å².